The van der Waals surface area contributed by atoms with Crippen LogP contribution >= 0.6 is 0 Å². The van der Waals surface area contributed by atoms with Crippen molar-refractivity contribution >= 4 is 43.7 Å². The zero-order valence-corrected chi connectivity index (χ0v) is 25.3. The van der Waals surface area contributed by atoms with Crippen molar-refractivity contribution in [2.24, 2.45) is 0 Å². The lowest BCUT2D eigenvalue weighted by Gasteiger charge is -2.21. The number of rotatable bonds is 7. The summed E-state index contributed by atoms with van der Waals surface area (Å²) in [4.78, 5) is 17.5. The number of benzene rings is 4. The zero-order valence-electron chi connectivity index (χ0n) is 24.5. The molecule has 0 spiro atoms. The third-order valence-electron chi connectivity index (χ3n) is 7.60. The number of nitrogens with one attached hydrogen (secondary N) is 1. The number of hydrogen-bond donors (Lipinski definition) is 1. The summed E-state index contributed by atoms with van der Waals surface area (Å²) < 4.78 is 81.6. The van der Waals surface area contributed by atoms with Crippen molar-refractivity contribution in [3.63, 3.8) is 0 Å². The highest BCUT2D eigenvalue weighted by molar-refractivity contribution is 7.92. The monoisotopic (exact) mass is 633 g/mol. The van der Waals surface area contributed by atoms with Crippen LogP contribution in [0.25, 0.3) is 56.0 Å². The molecule has 2 heterocycles. The van der Waals surface area contributed by atoms with E-state index in [4.69, 9.17) is 8.83 Å². The molecule has 2 aromatic heterocycles. The van der Waals surface area contributed by atoms with E-state index < -0.39 is 33.7 Å². The maximum Gasteiger partial charge on any atom is 0.255 e. The van der Waals surface area contributed by atoms with Crippen molar-refractivity contribution in [1.82, 2.24) is 10.3 Å². The molecule has 1 unspecified atom stereocenters. The fourth-order valence-electron chi connectivity index (χ4n) is 5.24. The van der Waals surface area contributed by atoms with Gasteiger partial charge in [-0.05, 0) is 66.6 Å². The number of anilines is 1. The van der Waals surface area contributed by atoms with Gasteiger partial charge < -0.3 is 14.2 Å². The number of alkyl halides is 1. The minimum Gasteiger partial charge on any atom is -0.455 e. The number of aromatic nitrogens is 1. The molecule has 0 aliphatic rings. The van der Waals surface area contributed by atoms with E-state index in [9.17, 15) is 26.4 Å². The maximum atomic E-state index is 14.9. The van der Waals surface area contributed by atoms with Crippen LogP contribution in [0.15, 0.2) is 81.6 Å². The smallest absolute Gasteiger partial charge is 0.255 e. The predicted molar refractivity (Wildman–Crippen MR) is 166 cm³/mol. The Morgan fingerprint density at radius 2 is 1.64 bits per heavy atom. The predicted octanol–water partition coefficient (Wildman–Crippen LogP) is 7.64. The standard InChI is InChI=1S/C33H26F3N3O5S/c1-17(34)21-13-10-19(14-23(21)33-38-30-25(36)6-5-7-27(30)44-33)22-15-24-28(16-26(22)39(3)45(4,41)42)43-31(29(24)32(40)37-2)18-8-11-20(35)12-9-18/h5-17H,1-4H3,(H,37,40). The van der Waals surface area contributed by atoms with Crippen molar-refractivity contribution in [3.05, 3.63) is 95.6 Å². The second kappa shape index (κ2) is 11.1. The van der Waals surface area contributed by atoms with Crippen LogP contribution in [0, 0.1) is 11.6 Å². The fourth-order valence-corrected chi connectivity index (χ4v) is 5.75. The van der Waals surface area contributed by atoms with Gasteiger partial charge in [0.05, 0.1) is 17.5 Å². The van der Waals surface area contributed by atoms with Crippen LogP contribution in [0.1, 0.15) is 29.0 Å². The molecule has 1 N–H and O–H groups in total. The molecular formula is C33H26F3N3O5S. The number of para-hydroxylation sites is 1. The fraction of sp³-hybridized carbons (Fsp3) is 0.152. The van der Waals surface area contributed by atoms with Gasteiger partial charge in [-0.1, -0.05) is 18.2 Å². The number of carbonyl (C=O) groups excluding carboxylic acids is 1. The summed E-state index contributed by atoms with van der Waals surface area (Å²) in [5.74, 6) is -1.43. The van der Waals surface area contributed by atoms with Crippen LogP contribution in [0.2, 0.25) is 0 Å². The molecule has 230 valence electrons. The summed E-state index contributed by atoms with van der Waals surface area (Å²) in [6, 6.07) is 17.5. The number of oxazole rings is 1. The van der Waals surface area contributed by atoms with E-state index >= 15 is 0 Å². The molecule has 45 heavy (non-hydrogen) atoms. The Morgan fingerprint density at radius 1 is 0.933 bits per heavy atom. The molecule has 6 aromatic rings. The van der Waals surface area contributed by atoms with E-state index in [1.165, 1.54) is 69.6 Å². The van der Waals surface area contributed by atoms with Gasteiger partial charge in [-0.3, -0.25) is 9.10 Å². The lowest BCUT2D eigenvalue weighted by molar-refractivity contribution is 0.0964. The third kappa shape index (κ3) is 5.31. The average molecular weight is 634 g/mol. The van der Waals surface area contributed by atoms with Crippen LogP contribution in [-0.4, -0.2) is 39.7 Å². The molecule has 4 aromatic carbocycles. The molecule has 1 amide bonds. The molecule has 0 saturated heterocycles. The molecule has 6 rings (SSSR count). The van der Waals surface area contributed by atoms with E-state index in [-0.39, 0.29) is 50.7 Å². The van der Waals surface area contributed by atoms with Crippen LogP contribution < -0.4 is 9.62 Å². The summed E-state index contributed by atoms with van der Waals surface area (Å²) >= 11 is 0. The van der Waals surface area contributed by atoms with Gasteiger partial charge in [-0.15, -0.1) is 0 Å². The Balaban J connectivity index is 1.65. The number of furan rings is 1. The second-order valence-corrected chi connectivity index (χ2v) is 12.5. The topological polar surface area (TPSA) is 106 Å². The molecule has 0 aliphatic heterocycles. The number of nitrogens with zero attached hydrogens (tertiary/aromatic N) is 2. The SMILES string of the molecule is CNC(=O)c1c(-c2ccc(F)cc2)oc2cc(N(C)S(C)(=O)=O)c(-c3ccc(C(C)F)c(-c4nc5c(F)cccc5o4)c3)cc12. The van der Waals surface area contributed by atoms with E-state index in [0.717, 1.165) is 10.6 Å². The van der Waals surface area contributed by atoms with Crippen molar-refractivity contribution in [2.45, 2.75) is 13.1 Å². The van der Waals surface area contributed by atoms with Crippen molar-refractivity contribution in [2.75, 3.05) is 24.7 Å². The highest BCUT2D eigenvalue weighted by Crippen LogP contribution is 2.43. The highest BCUT2D eigenvalue weighted by atomic mass is 32.2. The Bertz CT molecular complexity index is 2220. The number of fused-ring (bicyclic) bond motifs is 2. The summed E-state index contributed by atoms with van der Waals surface area (Å²) in [5, 5.41) is 2.95. The molecule has 0 aliphatic carbocycles. The summed E-state index contributed by atoms with van der Waals surface area (Å²) in [5.41, 5.74) is 2.37. The van der Waals surface area contributed by atoms with Gasteiger partial charge in [-0.25, -0.2) is 26.6 Å². The van der Waals surface area contributed by atoms with Gasteiger partial charge >= 0.3 is 0 Å². The first-order valence-electron chi connectivity index (χ1n) is 13.7. The summed E-state index contributed by atoms with van der Waals surface area (Å²) in [6.07, 6.45) is -0.420. The quantitative estimate of drug-likeness (QED) is 0.194. The number of amides is 1. The molecule has 0 radical (unpaired) electrons. The third-order valence-corrected chi connectivity index (χ3v) is 8.79. The van der Waals surface area contributed by atoms with Crippen molar-refractivity contribution in [1.29, 1.82) is 0 Å². The molecule has 1 atom stereocenters. The van der Waals surface area contributed by atoms with Gasteiger partial charge in [-0.2, -0.15) is 0 Å². The maximum absolute atomic E-state index is 14.9. The average Bonchev–Trinajstić information content (AvgIpc) is 3.62. The van der Waals surface area contributed by atoms with Gasteiger partial charge in [0.1, 0.15) is 28.8 Å². The Kier molecular flexibility index (Phi) is 7.40. The van der Waals surface area contributed by atoms with Crippen molar-refractivity contribution < 1.29 is 35.2 Å². The minimum absolute atomic E-state index is 0.0174. The Hall–Kier alpha value is -5.10. The first-order chi connectivity index (χ1) is 21.4. The Morgan fingerprint density at radius 3 is 2.29 bits per heavy atom. The summed E-state index contributed by atoms with van der Waals surface area (Å²) in [7, 11) is -0.984. The summed E-state index contributed by atoms with van der Waals surface area (Å²) in [6.45, 7) is 1.34. The number of hydrogen-bond acceptors (Lipinski definition) is 6. The van der Waals surface area contributed by atoms with Crippen LogP contribution in [-0.2, 0) is 10.0 Å². The van der Waals surface area contributed by atoms with Gasteiger partial charge in [0.25, 0.3) is 5.91 Å². The first kappa shape index (κ1) is 29.9. The van der Waals surface area contributed by atoms with E-state index in [1.807, 2.05) is 0 Å². The molecule has 0 saturated carbocycles. The van der Waals surface area contributed by atoms with E-state index in [2.05, 4.69) is 10.3 Å². The molecule has 0 fully saturated rings. The van der Waals surface area contributed by atoms with Gasteiger partial charge in [0, 0.05) is 42.2 Å². The van der Waals surface area contributed by atoms with Gasteiger partial charge in [0.15, 0.2) is 11.4 Å². The highest BCUT2D eigenvalue weighted by Gasteiger charge is 2.27. The van der Waals surface area contributed by atoms with Crippen LogP contribution in [0.5, 0.6) is 0 Å². The zero-order chi connectivity index (χ0) is 32.2. The van der Waals surface area contributed by atoms with Crippen LogP contribution in [0.3, 0.4) is 0 Å². The largest absolute Gasteiger partial charge is 0.455 e. The number of halogens is 3. The minimum atomic E-state index is -3.80. The molecule has 8 nitrogen and oxygen atoms in total. The normalized spacial score (nSPS) is 12.5. The Labute approximate surface area is 256 Å². The van der Waals surface area contributed by atoms with E-state index in [1.54, 1.807) is 24.3 Å². The van der Waals surface area contributed by atoms with Crippen LogP contribution in [0.4, 0.5) is 18.9 Å². The molecular weight excluding hydrogens is 607 g/mol. The van der Waals surface area contributed by atoms with Crippen molar-refractivity contribution in [3.8, 4) is 33.9 Å². The first-order valence-corrected chi connectivity index (χ1v) is 15.6. The van der Waals surface area contributed by atoms with Gasteiger partial charge in [0.2, 0.25) is 15.9 Å². The molecule has 0 bridgehead atoms. The lowest BCUT2D eigenvalue weighted by Crippen LogP contribution is -2.25. The van der Waals surface area contributed by atoms with E-state index in [0.29, 0.717) is 22.1 Å². The second-order valence-electron chi connectivity index (χ2n) is 10.5. The lowest BCUT2D eigenvalue weighted by atomic mass is 9.94. The number of sulfonamides is 1. The number of carbonyl (C=O) groups is 1. The molecule has 12 heteroatoms.